The number of alkyl halides is 2. The fourth-order valence-electron chi connectivity index (χ4n) is 1.35. The largest absolute Gasteiger partial charge is 0.454 e. The van der Waals surface area contributed by atoms with E-state index >= 15 is 0 Å². The summed E-state index contributed by atoms with van der Waals surface area (Å²) < 4.78 is 34.8. The van der Waals surface area contributed by atoms with Gasteiger partial charge in [0.05, 0.1) is 6.04 Å². The topological polar surface area (TPSA) is 44.5 Å². The van der Waals surface area contributed by atoms with Gasteiger partial charge in [0.1, 0.15) is 0 Å². The predicted molar refractivity (Wildman–Crippen MR) is 52.7 cm³/mol. The summed E-state index contributed by atoms with van der Waals surface area (Å²) in [6, 6.07) is 3.46. The van der Waals surface area contributed by atoms with Crippen LogP contribution in [0.3, 0.4) is 0 Å². The second kappa shape index (κ2) is 4.63. The van der Waals surface area contributed by atoms with Crippen molar-refractivity contribution in [2.75, 3.05) is 6.79 Å². The zero-order valence-electron chi connectivity index (χ0n) is 7.65. The van der Waals surface area contributed by atoms with Gasteiger partial charge >= 0.3 is 0 Å². The summed E-state index contributed by atoms with van der Waals surface area (Å²) in [5, 5.41) is 0. The Morgan fingerprint density at radius 1 is 1.27 bits per heavy atom. The number of ether oxygens (including phenoxy) is 2. The molecule has 0 fully saturated rings. The van der Waals surface area contributed by atoms with E-state index in [-0.39, 0.29) is 24.8 Å². The van der Waals surface area contributed by atoms with E-state index in [9.17, 15) is 8.78 Å². The van der Waals surface area contributed by atoms with Gasteiger partial charge in [-0.1, -0.05) is 12.1 Å². The molecule has 0 radical (unpaired) electrons. The number of nitrogens with two attached hydrogens (primary N) is 1. The second-order valence-electron chi connectivity index (χ2n) is 2.94. The van der Waals surface area contributed by atoms with E-state index in [0.29, 0.717) is 11.5 Å². The smallest absolute Gasteiger partial charge is 0.257 e. The minimum Gasteiger partial charge on any atom is -0.454 e. The Morgan fingerprint density at radius 2 is 2.00 bits per heavy atom. The van der Waals surface area contributed by atoms with Gasteiger partial charge in [0.25, 0.3) is 6.43 Å². The molecule has 15 heavy (non-hydrogen) atoms. The maximum atomic E-state index is 12.4. The van der Waals surface area contributed by atoms with Gasteiger partial charge < -0.3 is 15.2 Å². The third kappa shape index (κ3) is 2.13. The normalized spacial score (nSPS) is 14.9. The molecule has 2 N–H and O–H groups in total. The van der Waals surface area contributed by atoms with Gasteiger partial charge in [-0.3, -0.25) is 0 Å². The Hall–Kier alpha value is -1.07. The molecule has 1 aromatic carbocycles. The third-order valence-electron chi connectivity index (χ3n) is 2.06. The van der Waals surface area contributed by atoms with Crippen molar-refractivity contribution in [2.24, 2.45) is 5.73 Å². The average Bonchev–Trinajstić information content (AvgIpc) is 2.63. The van der Waals surface area contributed by atoms with Crippen LogP contribution in [0.15, 0.2) is 18.2 Å². The molecule has 3 nitrogen and oxygen atoms in total. The van der Waals surface area contributed by atoms with Gasteiger partial charge in [-0.15, -0.1) is 12.4 Å². The van der Waals surface area contributed by atoms with Crippen molar-refractivity contribution in [1.82, 2.24) is 0 Å². The molecule has 1 aliphatic rings. The second-order valence-corrected chi connectivity index (χ2v) is 2.94. The molecular formula is C9H10ClF2NO2. The van der Waals surface area contributed by atoms with Gasteiger partial charge in [-0.2, -0.15) is 0 Å². The lowest BCUT2D eigenvalue weighted by Crippen LogP contribution is -2.19. The monoisotopic (exact) mass is 237 g/mol. The molecule has 1 atom stereocenters. The molecule has 0 saturated heterocycles. The molecule has 0 unspecified atom stereocenters. The standard InChI is InChI=1S/C9H9F2NO2.ClH/c10-9(11)7(12)5-2-1-3-6-8(5)14-4-13-6;/h1-3,7,9H,4,12H2;1H/t7-;/m0./s1. The van der Waals surface area contributed by atoms with Crippen LogP contribution < -0.4 is 15.2 Å². The summed E-state index contributed by atoms with van der Waals surface area (Å²) in [6.07, 6.45) is -2.61. The minimum atomic E-state index is -2.61. The van der Waals surface area contributed by atoms with Gasteiger partial charge in [-0.05, 0) is 6.07 Å². The van der Waals surface area contributed by atoms with E-state index in [0.717, 1.165) is 0 Å². The fourth-order valence-corrected chi connectivity index (χ4v) is 1.35. The Kier molecular flexibility index (Phi) is 3.71. The molecule has 0 aromatic heterocycles. The Balaban J connectivity index is 0.00000112. The third-order valence-corrected chi connectivity index (χ3v) is 2.06. The molecular weight excluding hydrogens is 228 g/mol. The van der Waals surface area contributed by atoms with Crippen LogP contribution in [0.25, 0.3) is 0 Å². The van der Waals surface area contributed by atoms with Crippen LogP contribution in [0.1, 0.15) is 11.6 Å². The quantitative estimate of drug-likeness (QED) is 0.857. The van der Waals surface area contributed by atoms with Crippen LogP contribution in [-0.2, 0) is 0 Å². The summed E-state index contributed by atoms with van der Waals surface area (Å²) in [6.45, 7) is 0.0578. The lowest BCUT2D eigenvalue weighted by atomic mass is 10.1. The highest BCUT2D eigenvalue weighted by Gasteiger charge is 2.26. The van der Waals surface area contributed by atoms with Crippen LogP contribution in [0, 0.1) is 0 Å². The maximum Gasteiger partial charge on any atom is 0.257 e. The van der Waals surface area contributed by atoms with Crippen molar-refractivity contribution < 1.29 is 18.3 Å². The first-order chi connectivity index (χ1) is 6.70. The molecule has 0 aliphatic carbocycles. The number of hydrogen-bond acceptors (Lipinski definition) is 3. The number of rotatable bonds is 2. The van der Waals surface area contributed by atoms with Crippen LogP contribution >= 0.6 is 12.4 Å². The molecule has 6 heteroatoms. The van der Waals surface area contributed by atoms with Crippen molar-refractivity contribution in [2.45, 2.75) is 12.5 Å². The molecule has 84 valence electrons. The fraction of sp³-hybridized carbons (Fsp3) is 0.333. The molecule has 0 bridgehead atoms. The van der Waals surface area contributed by atoms with E-state index in [1.54, 1.807) is 12.1 Å². The molecule has 1 heterocycles. The summed E-state index contributed by atoms with van der Waals surface area (Å²) in [4.78, 5) is 0. The molecule has 1 aromatic rings. The lowest BCUT2D eigenvalue weighted by Gasteiger charge is -2.12. The first-order valence-electron chi connectivity index (χ1n) is 4.12. The first-order valence-corrected chi connectivity index (χ1v) is 4.12. The highest BCUT2D eigenvalue weighted by atomic mass is 35.5. The molecule has 0 saturated carbocycles. The van der Waals surface area contributed by atoms with Crippen LogP contribution in [0.4, 0.5) is 8.78 Å². The maximum absolute atomic E-state index is 12.4. The first kappa shape index (κ1) is 12.0. The molecule has 0 spiro atoms. The van der Waals surface area contributed by atoms with Crippen LogP contribution in [0.2, 0.25) is 0 Å². The van der Waals surface area contributed by atoms with Gasteiger partial charge in [0, 0.05) is 5.56 Å². The van der Waals surface area contributed by atoms with Crippen molar-refractivity contribution in [3.8, 4) is 11.5 Å². The minimum absolute atomic E-state index is 0. The number of para-hydroxylation sites is 1. The summed E-state index contributed by atoms with van der Waals surface area (Å²) in [7, 11) is 0. The number of halogens is 3. The van der Waals surface area contributed by atoms with E-state index in [1.807, 2.05) is 0 Å². The van der Waals surface area contributed by atoms with Gasteiger partial charge in [-0.25, -0.2) is 8.78 Å². The summed E-state index contributed by atoms with van der Waals surface area (Å²) in [5.74, 6) is 0.805. The van der Waals surface area contributed by atoms with Gasteiger partial charge in [0.15, 0.2) is 11.5 Å². The average molecular weight is 238 g/mol. The van der Waals surface area contributed by atoms with Crippen molar-refractivity contribution in [3.05, 3.63) is 23.8 Å². The van der Waals surface area contributed by atoms with Crippen LogP contribution in [0.5, 0.6) is 11.5 Å². The Labute approximate surface area is 91.6 Å². The molecule has 2 rings (SSSR count). The highest BCUT2D eigenvalue weighted by Crippen LogP contribution is 2.38. The lowest BCUT2D eigenvalue weighted by molar-refractivity contribution is 0.114. The van der Waals surface area contributed by atoms with Gasteiger partial charge in [0.2, 0.25) is 6.79 Å². The van der Waals surface area contributed by atoms with Crippen molar-refractivity contribution in [3.63, 3.8) is 0 Å². The van der Waals surface area contributed by atoms with Crippen molar-refractivity contribution >= 4 is 12.4 Å². The Bertz CT molecular complexity index is 349. The highest BCUT2D eigenvalue weighted by molar-refractivity contribution is 5.85. The van der Waals surface area contributed by atoms with E-state index in [4.69, 9.17) is 15.2 Å². The number of fused-ring (bicyclic) bond motifs is 1. The Morgan fingerprint density at radius 3 is 2.67 bits per heavy atom. The molecule has 1 aliphatic heterocycles. The van der Waals surface area contributed by atoms with Crippen molar-refractivity contribution in [1.29, 1.82) is 0 Å². The number of benzene rings is 1. The molecule has 0 amide bonds. The van der Waals surface area contributed by atoms with Crippen LogP contribution in [-0.4, -0.2) is 13.2 Å². The van der Waals surface area contributed by atoms with E-state index in [2.05, 4.69) is 0 Å². The summed E-state index contributed by atoms with van der Waals surface area (Å²) in [5.41, 5.74) is 5.61. The predicted octanol–water partition coefficient (Wildman–Crippen LogP) is 2.10. The number of hydrogen-bond donors (Lipinski definition) is 1. The van der Waals surface area contributed by atoms with E-state index < -0.39 is 12.5 Å². The zero-order chi connectivity index (χ0) is 10.1. The summed E-state index contributed by atoms with van der Waals surface area (Å²) >= 11 is 0. The SMILES string of the molecule is Cl.N[C@@H](c1cccc2c1OCO2)C(F)F. The zero-order valence-corrected chi connectivity index (χ0v) is 8.47. The van der Waals surface area contributed by atoms with E-state index in [1.165, 1.54) is 6.07 Å².